The van der Waals surface area contributed by atoms with Crippen LogP contribution in [0.4, 0.5) is 16.9 Å². The van der Waals surface area contributed by atoms with Gasteiger partial charge in [-0.25, -0.2) is 4.98 Å². The fraction of sp³-hybridized carbons (Fsp3) is 0.500. The van der Waals surface area contributed by atoms with Crippen LogP contribution in [0.1, 0.15) is 6.92 Å². The highest BCUT2D eigenvalue weighted by Gasteiger charge is 2.20. The molecule has 20 heavy (non-hydrogen) atoms. The molecule has 7 nitrogen and oxygen atoms in total. The van der Waals surface area contributed by atoms with Crippen LogP contribution in [0, 0.1) is 0 Å². The van der Waals surface area contributed by atoms with E-state index in [9.17, 15) is 0 Å². The maximum atomic E-state index is 4.53. The monoisotopic (exact) mass is 291 g/mol. The average Bonchev–Trinajstić information content (AvgIpc) is 3.02. The predicted molar refractivity (Wildman–Crippen MR) is 80.5 cm³/mol. The van der Waals surface area contributed by atoms with E-state index in [2.05, 4.69) is 42.2 Å². The van der Waals surface area contributed by atoms with E-state index in [1.54, 1.807) is 23.0 Å². The van der Waals surface area contributed by atoms with Crippen LogP contribution in [0.25, 0.3) is 0 Å². The second-order valence-corrected chi connectivity index (χ2v) is 5.28. The van der Waals surface area contributed by atoms with Gasteiger partial charge in [-0.05, 0) is 13.0 Å². The largest absolute Gasteiger partial charge is 0.370 e. The SMILES string of the molecule is CCNc1ccnc(N2CCN(c3nncs3)CC2)n1. The molecule has 1 saturated heterocycles. The van der Waals surface area contributed by atoms with Crippen molar-refractivity contribution < 1.29 is 0 Å². The summed E-state index contributed by atoms with van der Waals surface area (Å²) < 4.78 is 0. The van der Waals surface area contributed by atoms with Crippen molar-refractivity contribution in [2.75, 3.05) is 47.8 Å². The molecule has 3 heterocycles. The Hall–Kier alpha value is -1.96. The molecule has 0 amide bonds. The summed E-state index contributed by atoms with van der Waals surface area (Å²) in [7, 11) is 0. The zero-order valence-corrected chi connectivity index (χ0v) is 12.2. The lowest BCUT2D eigenvalue weighted by atomic mass is 10.3. The summed E-state index contributed by atoms with van der Waals surface area (Å²) in [6.45, 7) is 6.56. The first-order valence-corrected chi connectivity index (χ1v) is 7.58. The maximum absolute atomic E-state index is 4.53. The zero-order valence-electron chi connectivity index (χ0n) is 11.4. The highest BCUT2D eigenvalue weighted by Crippen LogP contribution is 2.19. The van der Waals surface area contributed by atoms with Crippen LogP contribution >= 0.6 is 11.3 Å². The minimum atomic E-state index is 0.792. The molecule has 0 bridgehead atoms. The van der Waals surface area contributed by atoms with Gasteiger partial charge < -0.3 is 15.1 Å². The van der Waals surface area contributed by atoms with Crippen molar-refractivity contribution in [2.45, 2.75) is 6.92 Å². The van der Waals surface area contributed by atoms with Crippen LogP contribution in [-0.4, -0.2) is 52.9 Å². The molecule has 0 aliphatic carbocycles. The van der Waals surface area contributed by atoms with Gasteiger partial charge in [0, 0.05) is 38.9 Å². The molecule has 8 heteroatoms. The van der Waals surface area contributed by atoms with E-state index in [4.69, 9.17) is 0 Å². The Bertz CT molecular complexity index is 536. The van der Waals surface area contributed by atoms with Gasteiger partial charge in [0.25, 0.3) is 0 Å². The Labute approximate surface area is 121 Å². The average molecular weight is 291 g/mol. The van der Waals surface area contributed by atoms with Crippen molar-refractivity contribution >= 4 is 28.2 Å². The quantitative estimate of drug-likeness (QED) is 0.904. The van der Waals surface area contributed by atoms with E-state index in [0.29, 0.717) is 0 Å². The second kappa shape index (κ2) is 6.00. The van der Waals surface area contributed by atoms with Crippen LogP contribution < -0.4 is 15.1 Å². The third-order valence-corrected chi connectivity index (χ3v) is 3.93. The number of piperazine rings is 1. The first kappa shape index (κ1) is 13.0. The molecule has 1 fully saturated rings. The Kier molecular flexibility index (Phi) is 3.91. The number of aromatic nitrogens is 4. The number of nitrogens with zero attached hydrogens (tertiary/aromatic N) is 6. The molecule has 106 valence electrons. The number of nitrogens with one attached hydrogen (secondary N) is 1. The van der Waals surface area contributed by atoms with Gasteiger partial charge in [0.1, 0.15) is 11.3 Å². The van der Waals surface area contributed by atoms with E-state index in [1.807, 2.05) is 6.07 Å². The molecule has 0 radical (unpaired) electrons. The fourth-order valence-corrected chi connectivity index (χ4v) is 2.80. The number of hydrogen-bond acceptors (Lipinski definition) is 8. The smallest absolute Gasteiger partial charge is 0.227 e. The minimum Gasteiger partial charge on any atom is -0.370 e. The topological polar surface area (TPSA) is 70.1 Å². The molecular formula is C12H17N7S. The molecule has 3 rings (SSSR count). The van der Waals surface area contributed by atoms with Crippen LogP contribution in [0.15, 0.2) is 17.8 Å². The van der Waals surface area contributed by atoms with E-state index in [0.717, 1.165) is 49.6 Å². The predicted octanol–water partition coefficient (Wildman–Crippen LogP) is 1.09. The molecule has 1 aliphatic heterocycles. The normalized spacial score (nSPS) is 15.4. The third kappa shape index (κ3) is 2.79. The number of hydrogen-bond donors (Lipinski definition) is 1. The second-order valence-electron chi connectivity index (χ2n) is 4.47. The van der Waals surface area contributed by atoms with E-state index in [1.165, 1.54) is 0 Å². The summed E-state index contributed by atoms with van der Waals surface area (Å²) >= 11 is 1.58. The van der Waals surface area contributed by atoms with E-state index >= 15 is 0 Å². The van der Waals surface area contributed by atoms with Crippen LogP contribution in [0.5, 0.6) is 0 Å². The van der Waals surface area contributed by atoms with Gasteiger partial charge in [-0.3, -0.25) is 0 Å². The van der Waals surface area contributed by atoms with E-state index in [-0.39, 0.29) is 0 Å². The minimum absolute atomic E-state index is 0.792. The molecule has 0 saturated carbocycles. The van der Waals surface area contributed by atoms with Crippen LogP contribution in [0.2, 0.25) is 0 Å². The Morgan fingerprint density at radius 1 is 1.25 bits per heavy atom. The molecular weight excluding hydrogens is 274 g/mol. The lowest BCUT2D eigenvalue weighted by Crippen LogP contribution is -2.47. The van der Waals surface area contributed by atoms with Gasteiger partial charge in [-0.15, -0.1) is 10.2 Å². The van der Waals surface area contributed by atoms with E-state index < -0.39 is 0 Å². The number of rotatable bonds is 4. The Morgan fingerprint density at radius 3 is 2.75 bits per heavy atom. The van der Waals surface area contributed by atoms with Crippen molar-refractivity contribution in [3.63, 3.8) is 0 Å². The van der Waals surface area contributed by atoms with Gasteiger partial charge in [-0.1, -0.05) is 11.3 Å². The van der Waals surface area contributed by atoms with Gasteiger partial charge >= 0.3 is 0 Å². The highest BCUT2D eigenvalue weighted by atomic mass is 32.1. The van der Waals surface area contributed by atoms with Crippen molar-refractivity contribution in [2.24, 2.45) is 0 Å². The van der Waals surface area contributed by atoms with Crippen LogP contribution in [0.3, 0.4) is 0 Å². The summed E-state index contributed by atoms with van der Waals surface area (Å²) in [5.74, 6) is 1.67. The summed E-state index contributed by atoms with van der Waals surface area (Å²) in [6.07, 6.45) is 1.80. The molecule has 1 aliphatic rings. The Balaban J connectivity index is 1.64. The van der Waals surface area contributed by atoms with Crippen molar-refractivity contribution in [1.29, 1.82) is 0 Å². The van der Waals surface area contributed by atoms with Crippen molar-refractivity contribution in [1.82, 2.24) is 20.2 Å². The molecule has 0 atom stereocenters. The molecule has 2 aromatic rings. The Morgan fingerprint density at radius 2 is 2.05 bits per heavy atom. The van der Waals surface area contributed by atoms with Crippen molar-refractivity contribution in [3.8, 4) is 0 Å². The third-order valence-electron chi connectivity index (χ3n) is 3.18. The standard InChI is InChI=1S/C12H17N7S/c1-2-13-10-3-4-14-11(16-10)18-5-7-19(8-6-18)12-17-15-9-20-12/h3-4,9H,2,5-8H2,1H3,(H,13,14,16). The summed E-state index contributed by atoms with van der Waals surface area (Å²) in [5, 5.41) is 12.2. The first-order valence-electron chi connectivity index (χ1n) is 6.70. The lowest BCUT2D eigenvalue weighted by molar-refractivity contribution is 0.637. The van der Waals surface area contributed by atoms with Gasteiger partial charge in [0.05, 0.1) is 0 Å². The summed E-state index contributed by atoms with van der Waals surface area (Å²) in [6, 6.07) is 1.89. The molecule has 1 N–H and O–H groups in total. The zero-order chi connectivity index (χ0) is 13.8. The van der Waals surface area contributed by atoms with Gasteiger partial charge in [0.2, 0.25) is 11.1 Å². The molecule has 0 unspecified atom stereocenters. The first-order chi connectivity index (χ1) is 9.86. The van der Waals surface area contributed by atoms with Crippen LogP contribution in [-0.2, 0) is 0 Å². The number of anilines is 3. The van der Waals surface area contributed by atoms with Gasteiger partial charge in [0.15, 0.2) is 0 Å². The molecule has 0 aromatic carbocycles. The van der Waals surface area contributed by atoms with Crippen molar-refractivity contribution in [3.05, 3.63) is 17.8 Å². The molecule has 2 aromatic heterocycles. The van der Waals surface area contributed by atoms with Gasteiger partial charge in [-0.2, -0.15) is 4.98 Å². The summed E-state index contributed by atoms with van der Waals surface area (Å²) in [4.78, 5) is 13.4. The lowest BCUT2D eigenvalue weighted by Gasteiger charge is -2.34. The fourth-order valence-electron chi connectivity index (χ4n) is 2.18. The summed E-state index contributed by atoms with van der Waals surface area (Å²) in [5.41, 5.74) is 1.77. The molecule has 0 spiro atoms. The highest BCUT2D eigenvalue weighted by molar-refractivity contribution is 7.13. The maximum Gasteiger partial charge on any atom is 0.227 e.